The molecule has 14 heavy (non-hydrogen) atoms. The standard InChI is InChI=1S/C12H20N2/c1-12(11-13-2)7-3-4-8-14-9-5-6-10-14/h3,7,11H,2,4-6,8-10H2,1H3/b7-3?,12-11-. The van der Waals surface area contributed by atoms with Crippen molar-refractivity contribution < 1.29 is 0 Å². The van der Waals surface area contributed by atoms with Gasteiger partial charge in [0.15, 0.2) is 0 Å². The van der Waals surface area contributed by atoms with Crippen LogP contribution in [0.4, 0.5) is 0 Å². The quantitative estimate of drug-likeness (QED) is 0.483. The molecule has 0 saturated carbocycles. The predicted molar refractivity (Wildman–Crippen MR) is 62.7 cm³/mol. The summed E-state index contributed by atoms with van der Waals surface area (Å²) >= 11 is 0. The molecule has 1 rings (SSSR count). The Morgan fingerprint density at radius 2 is 2.14 bits per heavy atom. The van der Waals surface area contributed by atoms with Crippen LogP contribution in [0.5, 0.6) is 0 Å². The molecule has 0 aromatic heterocycles. The van der Waals surface area contributed by atoms with Gasteiger partial charge in [-0.3, -0.25) is 4.99 Å². The van der Waals surface area contributed by atoms with Crippen LogP contribution in [-0.4, -0.2) is 31.3 Å². The minimum Gasteiger partial charge on any atom is -0.303 e. The summed E-state index contributed by atoms with van der Waals surface area (Å²) in [5, 5.41) is 0. The molecule has 0 spiro atoms. The summed E-state index contributed by atoms with van der Waals surface area (Å²) < 4.78 is 0. The molecule has 2 nitrogen and oxygen atoms in total. The minimum atomic E-state index is 1.14. The fraction of sp³-hybridized carbons (Fsp3) is 0.583. The molecule has 1 fully saturated rings. The molecule has 0 unspecified atom stereocenters. The van der Waals surface area contributed by atoms with E-state index < -0.39 is 0 Å². The van der Waals surface area contributed by atoms with Gasteiger partial charge in [0.25, 0.3) is 0 Å². The lowest BCUT2D eigenvalue weighted by Gasteiger charge is -2.11. The summed E-state index contributed by atoms with van der Waals surface area (Å²) in [4.78, 5) is 6.24. The van der Waals surface area contributed by atoms with Gasteiger partial charge in [-0.1, -0.05) is 12.2 Å². The van der Waals surface area contributed by atoms with Crippen molar-refractivity contribution in [2.24, 2.45) is 4.99 Å². The van der Waals surface area contributed by atoms with Crippen molar-refractivity contribution in [3.63, 3.8) is 0 Å². The van der Waals surface area contributed by atoms with E-state index in [-0.39, 0.29) is 0 Å². The second-order valence-electron chi connectivity index (χ2n) is 3.80. The molecule has 0 bridgehead atoms. The predicted octanol–water partition coefficient (Wildman–Crippen LogP) is 2.63. The molecular formula is C12H20N2. The van der Waals surface area contributed by atoms with Gasteiger partial charge in [0.2, 0.25) is 0 Å². The van der Waals surface area contributed by atoms with Crippen LogP contribution in [-0.2, 0) is 0 Å². The number of hydrogen-bond acceptors (Lipinski definition) is 2. The normalized spacial score (nSPS) is 19.4. The van der Waals surface area contributed by atoms with Gasteiger partial charge in [-0.05, 0) is 51.6 Å². The molecule has 0 radical (unpaired) electrons. The van der Waals surface area contributed by atoms with E-state index in [0.29, 0.717) is 0 Å². The van der Waals surface area contributed by atoms with Gasteiger partial charge < -0.3 is 4.90 Å². The fourth-order valence-electron chi connectivity index (χ4n) is 1.72. The van der Waals surface area contributed by atoms with E-state index in [1.807, 2.05) is 6.92 Å². The van der Waals surface area contributed by atoms with Crippen LogP contribution in [0.2, 0.25) is 0 Å². The van der Waals surface area contributed by atoms with E-state index in [1.165, 1.54) is 38.0 Å². The Hall–Kier alpha value is -0.890. The molecule has 1 heterocycles. The summed E-state index contributed by atoms with van der Waals surface area (Å²) in [7, 11) is 0. The minimum absolute atomic E-state index is 1.14. The number of hydrogen-bond donors (Lipinski definition) is 0. The lowest BCUT2D eigenvalue weighted by atomic mass is 10.2. The van der Waals surface area contributed by atoms with Crippen molar-refractivity contribution in [2.45, 2.75) is 26.2 Å². The molecule has 78 valence electrons. The Balaban J connectivity index is 2.13. The largest absolute Gasteiger partial charge is 0.303 e. The second-order valence-corrected chi connectivity index (χ2v) is 3.80. The van der Waals surface area contributed by atoms with Crippen molar-refractivity contribution in [1.29, 1.82) is 0 Å². The SMILES string of the molecule is C=N/C=C(/C)C=CCCN1CCCC1. The molecule has 0 aliphatic carbocycles. The number of nitrogens with zero attached hydrogens (tertiary/aromatic N) is 2. The van der Waals surface area contributed by atoms with E-state index in [2.05, 4.69) is 28.8 Å². The molecule has 1 saturated heterocycles. The highest BCUT2D eigenvalue weighted by Crippen LogP contribution is 2.07. The number of rotatable bonds is 5. The van der Waals surface area contributed by atoms with Crippen molar-refractivity contribution in [3.05, 3.63) is 23.9 Å². The van der Waals surface area contributed by atoms with Gasteiger partial charge in [-0.25, -0.2) is 0 Å². The van der Waals surface area contributed by atoms with E-state index >= 15 is 0 Å². The van der Waals surface area contributed by atoms with Crippen molar-refractivity contribution in [1.82, 2.24) is 4.90 Å². The van der Waals surface area contributed by atoms with Gasteiger partial charge in [-0.2, -0.15) is 0 Å². The Morgan fingerprint density at radius 3 is 2.79 bits per heavy atom. The van der Waals surface area contributed by atoms with Gasteiger partial charge in [-0.15, -0.1) is 0 Å². The number of aliphatic imine (C=N–C) groups is 1. The Kier molecular flexibility index (Phi) is 5.23. The van der Waals surface area contributed by atoms with Crippen LogP contribution in [0, 0.1) is 0 Å². The monoisotopic (exact) mass is 192 g/mol. The maximum atomic E-state index is 3.72. The first-order valence-electron chi connectivity index (χ1n) is 5.34. The zero-order valence-corrected chi connectivity index (χ0v) is 9.08. The van der Waals surface area contributed by atoms with Gasteiger partial charge >= 0.3 is 0 Å². The van der Waals surface area contributed by atoms with Gasteiger partial charge in [0, 0.05) is 12.7 Å². The van der Waals surface area contributed by atoms with E-state index in [4.69, 9.17) is 0 Å². The summed E-state index contributed by atoms with van der Waals surface area (Å²) in [6.07, 6.45) is 10.0. The van der Waals surface area contributed by atoms with Gasteiger partial charge in [0.1, 0.15) is 0 Å². The number of allylic oxidation sites excluding steroid dienone is 2. The Bertz CT molecular complexity index is 222. The zero-order valence-electron chi connectivity index (χ0n) is 9.08. The average Bonchev–Trinajstić information content (AvgIpc) is 2.65. The molecule has 0 aromatic rings. The summed E-state index contributed by atoms with van der Waals surface area (Å²) in [5.74, 6) is 0. The Labute approximate surface area is 87.0 Å². The molecule has 0 N–H and O–H groups in total. The van der Waals surface area contributed by atoms with Crippen LogP contribution in [0.1, 0.15) is 26.2 Å². The maximum absolute atomic E-state index is 3.72. The maximum Gasteiger partial charge on any atom is 0.0289 e. The van der Waals surface area contributed by atoms with Crippen molar-refractivity contribution in [2.75, 3.05) is 19.6 Å². The first kappa shape index (κ1) is 11.2. The first-order chi connectivity index (χ1) is 6.83. The lowest BCUT2D eigenvalue weighted by molar-refractivity contribution is 0.346. The highest BCUT2D eigenvalue weighted by molar-refractivity contribution is 5.28. The third-order valence-corrected chi connectivity index (χ3v) is 2.49. The smallest absolute Gasteiger partial charge is 0.0289 e. The topological polar surface area (TPSA) is 15.6 Å². The van der Waals surface area contributed by atoms with Crippen molar-refractivity contribution >= 4 is 6.72 Å². The molecule has 0 amide bonds. The average molecular weight is 192 g/mol. The van der Waals surface area contributed by atoms with E-state index in [1.54, 1.807) is 6.20 Å². The second kappa shape index (κ2) is 6.55. The molecule has 2 heteroatoms. The summed E-state index contributed by atoms with van der Waals surface area (Å²) in [6.45, 7) is 9.24. The Morgan fingerprint density at radius 1 is 1.43 bits per heavy atom. The molecule has 0 aromatic carbocycles. The zero-order chi connectivity index (χ0) is 10.2. The van der Waals surface area contributed by atoms with Crippen molar-refractivity contribution in [3.8, 4) is 0 Å². The number of likely N-dealkylation sites (tertiary alicyclic amines) is 1. The summed E-state index contributed by atoms with van der Waals surface area (Å²) in [6, 6.07) is 0. The fourth-order valence-corrected chi connectivity index (χ4v) is 1.72. The van der Waals surface area contributed by atoms with Crippen LogP contribution in [0.3, 0.4) is 0 Å². The molecular weight excluding hydrogens is 172 g/mol. The van der Waals surface area contributed by atoms with Crippen LogP contribution < -0.4 is 0 Å². The van der Waals surface area contributed by atoms with E-state index in [9.17, 15) is 0 Å². The van der Waals surface area contributed by atoms with Gasteiger partial charge in [0.05, 0.1) is 0 Å². The molecule has 1 aliphatic rings. The highest BCUT2D eigenvalue weighted by Gasteiger charge is 2.08. The molecule has 0 atom stereocenters. The van der Waals surface area contributed by atoms with Crippen LogP contribution in [0.15, 0.2) is 28.9 Å². The third kappa shape index (κ3) is 4.38. The molecule has 1 aliphatic heterocycles. The van der Waals surface area contributed by atoms with E-state index in [0.717, 1.165) is 6.42 Å². The highest BCUT2D eigenvalue weighted by atomic mass is 15.1. The lowest BCUT2D eigenvalue weighted by Crippen LogP contribution is -2.19. The van der Waals surface area contributed by atoms with Crippen LogP contribution >= 0.6 is 0 Å². The third-order valence-electron chi connectivity index (χ3n) is 2.49. The summed E-state index contributed by atoms with van der Waals surface area (Å²) in [5.41, 5.74) is 1.17. The first-order valence-corrected chi connectivity index (χ1v) is 5.34. The van der Waals surface area contributed by atoms with Crippen LogP contribution in [0.25, 0.3) is 0 Å².